The zero-order chi connectivity index (χ0) is 14.5. The lowest BCUT2D eigenvalue weighted by molar-refractivity contribution is 0.294. The minimum absolute atomic E-state index is 0.471. The highest BCUT2D eigenvalue weighted by atomic mass is 16.5. The highest BCUT2D eigenvalue weighted by molar-refractivity contribution is 5.62. The summed E-state index contributed by atoms with van der Waals surface area (Å²) < 4.78 is 13.0. The Morgan fingerprint density at radius 3 is 2.70 bits per heavy atom. The molecule has 108 valence electrons. The van der Waals surface area contributed by atoms with Crippen LogP contribution in [0.3, 0.4) is 0 Å². The first-order valence-electron chi connectivity index (χ1n) is 6.73. The van der Waals surface area contributed by atoms with E-state index in [-0.39, 0.29) is 0 Å². The third kappa shape index (κ3) is 2.77. The fourth-order valence-electron chi connectivity index (χ4n) is 2.04. The number of aromatic nitrogens is 2. The Morgan fingerprint density at radius 1 is 1.30 bits per heavy atom. The molecule has 2 rings (SSSR count). The maximum absolute atomic E-state index is 5.67. The van der Waals surface area contributed by atoms with Crippen molar-refractivity contribution in [3.05, 3.63) is 30.1 Å². The average molecular weight is 275 g/mol. The summed E-state index contributed by atoms with van der Waals surface area (Å²) in [7, 11) is 3.60. The molecule has 0 saturated heterocycles. The first-order valence-corrected chi connectivity index (χ1v) is 6.73. The molecule has 2 aromatic rings. The summed E-state index contributed by atoms with van der Waals surface area (Å²) in [4.78, 5) is 4.41. The van der Waals surface area contributed by atoms with Crippen molar-refractivity contribution >= 4 is 0 Å². The van der Waals surface area contributed by atoms with Crippen LogP contribution < -0.4 is 15.2 Å². The van der Waals surface area contributed by atoms with E-state index in [1.54, 1.807) is 13.3 Å². The van der Waals surface area contributed by atoms with Crippen LogP contribution in [0, 0.1) is 0 Å². The van der Waals surface area contributed by atoms with Crippen LogP contribution in [0.15, 0.2) is 24.4 Å². The monoisotopic (exact) mass is 275 g/mol. The Hall–Kier alpha value is -2.01. The van der Waals surface area contributed by atoms with Crippen molar-refractivity contribution < 1.29 is 9.47 Å². The van der Waals surface area contributed by atoms with Gasteiger partial charge in [-0.25, -0.2) is 4.98 Å². The van der Waals surface area contributed by atoms with E-state index in [2.05, 4.69) is 11.9 Å². The summed E-state index contributed by atoms with van der Waals surface area (Å²) in [5.74, 6) is 2.34. The summed E-state index contributed by atoms with van der Waals surface area (Å²) in [6, 6.07) is 5.84. The third-order valence-electron chi connectivity index (χ3n) is 3.18. The molecule has 0 saturated carbocycles. The van der Waals surface area contributed by atoms with Crippen LogP contribution >= 0.6 is 0 Å². The fraction of sp³-hybridized carbons (Fsp3) is 0.400. The van der Waals surface area contributed by atoms with Gasteiger partial charge >= 0.3 is 0 Å². The lowest BCUT2D eigenvalue weighted by atomic mass is 10.2. The fourth-order valence-corrected chi connectivity index (χ4v) is 2.04. The SMILES string of the molecule is CCCOc1ccc(-c2ncc(CN)n2C)cc1OC. The zero-order valence-electron chi connectivity index (χ0n) is 12.2. The number of imidazole rings is 1. The Kier molecular flexibility index (Phi) is 4.63. The molecule has 20 heavy (non-hydrogen) atoms. The molecule has 5 nitrogen and oxygen atoms in total. The van der Waals surface area contributed by atoms with E-state index < -0.39 is 0 Å². The molecule has 0 amide bonds. The van der Waals surface area contributed by atoms with Gasteiger partial charge in [0.15, 0.2) is 11.5 Å². The van der Waals surface area contributed by atoms with Crippen LogP contribution in [0.4, 0.5) is 0 Å². The molecule has 0 fully saturated rings. The Bertz CT molecular complexity index is 578. The number of hydrogen-bond donors (Lipinski definition) is 1. The second kappa shape index (κ2) is 6.43. The quantitative estimate of drug-likeness (QED) is 0.879. The number of nitrogens with two attached hydrogens (primary N) is 1. The van der Waals surface area contributed by atoms with Crippen LogP contribution in [0.5, 0.6) is 11.5 Å². The molecule has 2 N–H and O–H groups in total. The lowest BCUT2D eigenvalue weighted by Crippen LogP contribution is -2.04. The third-order valence-corrected chi connectivity index (χ3v) is 3.18. The highest BCUT2D eigenvalue weighted by Crippen LogP contribution is 2.32. The van der Waals surface area contributed by atoms with Crippen molar-refractivity contribution in [1.29, 1.82) is 0 Å². The van der Waals surface area contributed by atoms with E-state index >= 15 is 0 Å². The molecule has 0 aliphatic rings. The normalized spacial score (nSPS) is 10.6. The van der Waals surface area contributed by atoms with Crippen molar-refractivity contribution in [2.75, 3.05) is 13.7 Å². The molecule has 0 unspecified atom stereocenters. The highest BCUT2D eigenvalue weighted by Gasteiger charge is 2.11. The summed E-state index contributed by atoms with van der Waals surface area (Å²) in [5.41, 5.74) is 7.64. The van der Waals surface area contributed by atoms with Crippen LogP contribution in [-0.2, 0) is 13.6 Å². The van der Waals surface area contributed by atoms with Crippen molar-refractivity contribution in [1.82, 2.24) is 9.55 Å². The number of benzene rings is 1. The number of nitrogens with zero attached hydrogens (tertiary/aromatic N) is 2. The van der Waals surface area contributed by atoms with E-state index in [0.717, 1.165) is 29.3 Å². The molecular formula is C15H21N3O2. The van der Waals surface area contributed by atoms with Gasteiger partial charge in [0.2, 0.25) is 0 Å². The van der Waals surface area contributed by atoms with Crippen molar-refractivity contribution in [3.8, 4) is 22.9 Å². The van der Waals surface area contributed by atoms with Crippen LogP contribution in [0.25, 0.3) is 11.4 Å². The van der Waals surface area contributed by atoms with Gasteiger partial charge in [0, 0.05) is 19.2 Å². The number of hydrogen-bond acceptors (Lipinski definition) is 4. The van der Waals surface area contributed by atoms with Crippen molar-refractivity contribution in [3.63, 3.8) is 0 Å². The van der Waals surface area contributed by atoms with Gasteiger partial charge in [-0.1, -0.05) is 6.92 Å². The van der Waals surface area contributed by atoms with E-state index in [0.29, 0.717) is 18.9 Å². The van der Waals surface area contributed by atoms with Crippen LogP contribution in [0.2, 0.25) is 0 Å². The Balaban J connectivity index is 2.35. The summed E-state index contributed by atoms with van der Waals surface area (Å²) in [5, 5.41) is 0. The largest absolute Gasteiger partial charge is 0.493 e. The molecule has 0 atom stereocenters. The molecule has 1 aromatic heterocycles. The first-order chi connectivity index (χ1) is 9.71. The minimum atomic E-state index is 0.471. The molecule has 1 heterocycles. The average Bonchev–Trinajstić information content (AvgIpc) is 2.85. The van der Waals surface area contributed by atoms with E-state index in [9.17, 15) is 0 Å². The van der Waals surface area contributed by atoms with Crippen molar-refractivity contribution in [2.45, 2.75) is 19.9 Å². The molecule has 1 aromatic carbocycles. The maximum Gasteiger partial charge on any atom is 0.161 e. The van der Waals surface area contributed by atoms with Gasteiger partial charge < -0.3 is 19.8 Å². The molecular weight excluding hydrogens is 254 g/mol. The van der Waals surface area contributed by atoms with E-state index in [4.69, 9.17) is 15.2 Å². The van der Waals surface area contributed by atoms with Gasteiger partial charge in [-0.15, -0.1) is 0 Å². The lowest BCUT2D eigenvalue weighted by Gasteiger charge is -2.12. The standard InChI is InChI=1S/C15H21N3O2/c1-4-7-20-13-6-5-11(8-14(13)19-3)15-17-10-12(9-16)18(15)2/h5-6,8,10H,4,7,9,16H2,1-3H3. The Labute approximate surface area is 119 Å². The summed E-state index contributed by atoms with van der Waals surface area (Å²) in [6.07, 6.45) is 2.76. The Morgan fingerprint density at radius 2 is 2.10 bits per heavy atom. The topological polar surface area (TPSA) is 62.3 Å². The first kappa shape index (κ1) is 14.4. The van der Waals surface area contributed by atoms with Crippen LogP contribution in [-0.4, -0.2) is 23.3 Å². The maximum atomic E-state index is 5.67. The van der Waals surface area contributed by atoms with Gasteiger partial charge in [-0.2, -0.15) is 0 Å². The minimum Gasteiger partial charge on any atom is -0.493 e. The van der Waals surface area contributed by atoms with Crippen LogP contribution in [0.1, 0.15) is 19.0 Å². The smallest absolute Gasteiger partial charge is 0.161 e. The number of methoxy groups -OCH3 is 1. The van der Waals surface area contributed by atoms with Gasteiger partial charge in [-0.3, -0.25) is 0 Å². The second-order valence-corrected chi connectivity index (χ2v) is 4.55. The van der Waals surface area contributed by atoms with E-state index in [1.165, 1.54) is 0 Å². The second-order valence-electron chi connectivity index (χ2n) is 4.55. The summed E-state index contributed by atoms with van der Waals surface area (Å²) >= 11 is 0. The zero-order valence-corrected chi connectivity index (χ0v) is 12.2. The van der Waals surface area contributed by atoms with Gasteiger partial charge in [-0.05, 0) is 24.6 Å². The predicted octanol–water partition coefficient (Wildman–Crippen LogP) is 2.34. The predicted molar refractivity (Wildman–Crippen MR) is 78.9 cm³/mol. The molecule has 5 heteroatoms. The van der Waals surface area contributed by atoms with Gasteiger partial charge in [0.25, 0.3) is 0 Å². The van der Waals surface area contributed by atoms with E-state index in [1.807, 2.05) is 29.8 Å². The number of ether oxygens (including phenoxy) is 2. The summed E-state index contributed by atoms with van der Waals surface area (Å²) in [6.45, 7) is 3.22. The van der Waals surface area contributed by atoms with Gasteiger partial charge in [0.05, 0.1) is 25.6 Å². The van der Waals surface area contributed by atoms with Crippen molar-refractivity contribution in [2.24, 2.45) is 12.8 Å². The molecule has 0 bridgehead atoms. The number of rotatable bonds is 6. The van der Waals surface area contributed by atoms with Gasteiger partial charge in [0.1, 0.15) is 5.82 Å². The molecule has 0 spiro atoms. The molecule has 0 aliphatic heterocycles. The molecule has 0 aliphatic carbocycles. The molecule has 0 radical (unpaired) electrons.